The number of methoxy groups -OCH3 is 1. The molecular weight excluding hydrogens is 332 g/mol. The number of benzene rings is 2. The highest BCUT2D eigenvalue weighted by Gasteiger charge is 2.22. The monoisotopic (exact) mass is 350 g/mol. The first-order chi connectivity index (χ1) is 12.3. The van der Waals surface area contributed by atoms with Crippen molar-refractivity contribution < 1.29 is 9.53 Å². The molecule has 0 aliphatic rings. The molecule has 5 heteroatoms. The molecule has 0 aliphatic carbocycles. The fourth-order valence-corrected chi connectivity index (χ4v) is 3.30. The van der Waals surface area contributed by atoms with Crippen molar-refractivity contribution in [1.82, 2.24) is 4.98 Å². The zero-order chi connectivity index (χ0) is 17.5. The topological polar surface area (TPSA) is 51.2 Å². The zero-order valence-corrected chi connectivity index (χ0v) is 14.6. The molecule has 0 bridgehead atoms. The molecule has 2 aromatic carbocycles. The van der Waals surface area contributed by atoms with Crippen LogP contribution in [0.4, 0.5) is 5.69 Å². The molecule has 3 rings (SSSR count). The lowest BCUT2D eigenvalue weighted by atomic mass is 10.1. The van der Waals surface area contributed by atoms with E-state index in [-0.39, 0.29) is 5.91 Å². The van der Waals surface area contributed by atoms with Gasteiger partial charge in [-0.15, -0.1) is 0 Å². The van der Waals surface area contributed by atoms with Gasteiger partial charge in [-0.25, -0.2) is 4.98 Å². The van der Waals surface area contributed by atoms with Gasteiger partial charge in [-0.3, -0.25) is 4.79 Å². The summed E-state index contributed by atoms with van der Waals surface area (Å²) >= 11 is 1.43. The number of hydrogen-bond donors (Lipinski definition) is 1. The molecule has 1 amide bonds. The van der Waals surface area contributed by atoms with Crippen molar-refractivity contribution in [3.05, 3.63) is 84.6 Å². The van der Waals surface area contributed by atoms with Gasteiger partial charge in [0, 0.05) is 11.9 Å². The third kappa shape index (κ3) is 4.61. The summed E-state index contributed by atoms with van der Waals surface area (Å²) in [5, 5.41) is 3.39. The number of anilines is 1. The largest absolute Gasteiger partial charge is 0.497 e. The van der Waals surface area contributed by atoms with Gasteiger partial charge < -0.3 is 10.1 Å². The zero-order valence-electron chi connectivity index (χ0n) is 13.8. The van der Waals surface area contributed by atoms with Crippen LogP contribution in [-0.2, 0) is 4.79 Å². The minimum atomic E-state index is -0.391. The predicted octanol–water partition coefficient (Wildman–Crippen LogP) is 4.56. The number of hydrogen-bond acceptors (Lipinski definition) is 4. The van der Waals surface area contributed by atoms with Gasteiger partial charge in [0.05, 0.1) is 12.1 Å². The van der Waals surface area contributed by atoms with E-state index in [1.54, 1.807) is 13.3 Å². The lowest BCUT2D eigenvalue weighted by Gasteiger charge is -2.16. The van der Waals surface area contributed by atoms with Crippen molar-refractivity contribution >= 4 is 23.4 Å². The predicted molar refractivity (Wildman–Crippen MR) is 101 cm³/mol. The second-order valence-corrected chi connectivity index (χ2v) is 6.42. The molecule has 0 spiro atoms. The van der Waals surface area contributed by atoms with Crippen molar-refractivity contribution in [3.8, 4) is 5.75 Å². The summed E-state index contributed by atoms with van der Waals surface area (Å²) in [7, 11) is 1.61. The van der Waals surface area contributed by atoms with E-state index in [1.165, 1.54) is 11.8 Å². The first kappa shape index (κ1) is 17.0. The van der Waals surface area contributed by atoms with Crippen LogP contribution in [0, 0.1) is 0 Å². The molecule has 3 aromatic rings. The maximum absolute atomic E-state index is 12.9. The van der Waals surface area contributed by atoms with Gasteiger partial charge >= 0.3 is 0 Å². The first-order valence-electron chi connectivity index (χ1n) is 7.84. The molecule has 0 saturated heterocycles. The average molecular weight is 350 g/mol. The highest BCUT2D eigenvalue weighted by molar-refractivity contribution is 8.00. The summed E-state index contributed by atoms with van der Waals surface area (Å²) in [6.07, 6.45) is 1.73. The Morgan fingerprint density at radius 2 is 1.72 bits per heavy atom. The van der Waals surface area contributed by atoms with Crippen LogP contribution in [0.3, 0.4) is 0 Å². The quantitative estimate of drug-likeness (QED) is 0.662. The molecule has 0 radical (unpaired) electrons. The molecule has 0 unspecified atom stereocenters. The summed E-state index contributed by atoms with van der Waals surface area (Å²) in [4.78, 5) is 17.2. The van der Waals surface area contributed by atoms with E-state index in [1.807, 2.05) is 72.8 Å². The summed E-state index contributed by atoms with van der Waals surface area (Å²) in [6, 6.07) is 22.7. The van der Waals surface area contributed by atoms with Gasteiger partial charge in [0.2, 0.25) is 5.91 Å². The van der Waals surface area contributed by atoms with Crippen molar-refractivity contribution in [2.45, 2.75) is 10.3 Å². The van der Waals surface area contributed by atoms with E-state index in [0.29, 0.717) is 0 Å². The number of pyridine rings is 1. The fraction of sp³-hybridized carbons (Fsp3) is 0.100. The van der Waals surface area contributed by atoms with Crippen molar-refractivity contribution in [2.75, 3.05) is 12.4 Å². The Balaban J connectivity index is 1.81. The molecule has 1 aromatic heterocycles. The van der Waals surface area contributed by atoms with Crippen LogP contribution in [0.15, 0.2) is 84.0 Å². The number of rotatable bonds is 6. The third-order valence-electron chi connectivity index (χ3n) is 3.57. The Bertz CT molecular complexity index is 808. The molecule has 1 N–H and O–H groups in total. The first-order valence-corrected chi connectivity index (χ1v) is 8.72. The number of nitrogens with zero attached hydrogens (tertiary/aromatic N) is 1. The molecule has 0 fully saturated rings. The van der Waals surface area contributed by atoms with E-state index >= 15 is 0 Å². The smallest absolute Gasteiger partial charge is 0.242 e. The number of nitrogens with one attached hydrogen (secondary N) is 1. The minimum absolute atomic E-state index is 0.0907. The van der Waals surface area contributed by atoms with Crippen molar-refractivity contribution in [3.63, 3.8) is 0 Å². The van der Waals surface area contributed by atoms with Crippen molar-refractivity contribution in [2.24, 2.45) is 0 Å². The number of thioether (sulfide) groups is 1. The summed E-state index contributed by atoms with van der Waals surface area (Å²) < 4.78 is 5.14. The van der Waals surface area contributed by atoms with Gasteiger partial charge in [-0.05, 0) is 42.0 Å². The van der Waals surface area contributed by atoms with Crippen LogP contribution in [-0.4, -0.2) is 18.0 Å². The van der Waals surface area contributed by atoms with E-state index in [4.69, 9.17) is 4.74 Å². The molecule has 126 valence electrons. The standard InChI is InChI=1S/C20H18N2O2S/c1-24-17-12-10-16(11-13-17)22-20(23)19(15-7-3-2-4-8-15)25-18-9-5-6-14-21-18/h2-14,19H,1H3,(H,22,23)/t19-/m0/s1. The molecule has 1 atom stereocenters. The molecule has 0 aliphatic heterocycles. The summed E-state index contributed by atoms with van der Waals surface area (Å²) in [5.41, 5.74) is 1.66. The molecule has 0 saturated carbocycles. The fourth-order valence-electron chi connectivity index (χ4n) is 2.32. The lowest BCUT2D eigenvalue weighted by molar-refractivity contribution is -0.115. The Labute approximate surface area is 151 Å². The van der Waals surface area contributed by atoms with Crippen LogP contribution in [0.25, 0.3) is 0 Å². The van der Waals surface area contributed by atoms with E-state index in [9.17, 15) is 4.79 Å². The molecular formula is C20H18N2O2S. The van der Waals surface area contributed by atoms with Crippen LogP contribution < -0.4 is 10.1 Å². The Morgan fingerprint density at radius 3 is 2.36 bits per heavy atom. The summed E-state index contributed by atoms with van der Waals surface area (Å²) in [5.74, 6) is 0.660. The van der Waals surface area contributed by atoms with E-state index in [0.717, 1.165) is 22.0 Å². The maximum atomic E-state index is 12.9. The third-order valence-corrected chi connectivity index (χ3v) is 4.78. The van der Waals surface area contributed by atoms with Crippen molar-refractivity contribution in [1.29, 1.82) is 0 Å². The maximum Gasteiger partial charge on any atom is 0.242 e. The number of carbonyl (C=O) groups is 1. The number of aromatic nitrogens is 1. The second-order valence-electron chi connectivity index (χ2n) is 5.29. The highest BCUT2D eigenvalue weighted by atomic mass is 32.2. The molecule has 4 nitrogen and oxygen atoms in total. The van der Waals surface area contributed by atoms with Gasteiger partial charge in [0.1, 0.15) is 11.0 Å². The van der Waals surface area contributed by atoms with Crippen LogP contribution in [0.5, 0.6) is 5.75 Å². The number of carbonyl (C=O) groups excluding carboxylic acids is 1. The van der Waals surface area contributed by atoms with Gasteiger partial charge in [0.15, 0.2) is 0 Å². The highest BCUT2D eigenvalue weighted by Crippen LogP contribution is 2.35. The SMILES string of the molecule is COc1ccc(NC(=O)[C@@H](Sc2ccccn2)c2ccccc2)cc1. The Morgan fingerprint density at radius 1 is 1.00 bits per heavy atom. The Kier molecular flexibility index (Phi) is 5.69. The second kappa shape index (κ2) is 8.35. The van der Waals surface area contributed by atoms with E-state index < -0.39 is 5.25 Å². The van der Waals surface area contributed by atoms with Crippen LogP contribution in [0.2, 0.25) is 0 Å². The average Bonchev–Trinajstić information content (AvgIpc) is 2.68. The van der Waals surface area contributed by atoms with Gasteiger partial charge in [0.25, 0.3) is 0 Å². The van der Waals surface area contributed by atoms with Gasteiger partial charge in [-0.1, -0.05) is 48.2 Å². The minimum Gasteiger partial charge on any atom is -0.497 e. The Hall–Kier alpha value is -2.79. The van der Waals surface area contributed by atoms with Gasteiger partial charge in [-0.2, -0.15) is 0 Å². The lowest BCUT2D eigenvalue weighted by Crippen LogP contribution is -2.19. The van der Waals surface area contributed by atoms with Crippen LogP contribution in [0.1, 0.15) is 10.8 Å². The molecule has 1 heterocycles. The van der Waals surface area contributed by atoms with E-state index in [2.05, 4.69) is 10.3 Å². The normalized spacial score (nSPS) is 11.6. The number of ether oxygens (including phenoxy) is 1. The molecule has 25 heavy (non-hydrogen) atoms. The van der Waals surface area contributed by atoms with Crippen LogP contribution >= 0.6 is 11.8 Å². The number of amides is 1. The summed E-state index contributed by atoms with van der Waals surface area (Å²) in [6.45, 7) is 0.